The number of rotatable bonds is 0. The molecule has 0 aromatic heterocycles. The molecule has 0 aromatic carbocycles. The van der Waals surface area contributed by atoms with Crippen LogP contribution in [-0.4, -0.2) is 0 Å². The van der Waals surface area contributed by atoms with Crippen LogP contribution in [0.3, 0.4) is 0 Å². The van der Waals surface area contributed by atoms with E-state index in [4.69, 9.17) is 5.73 Å². The molecule has 0 atom stereocenters. The van der Waals surface area contributed by atoms with Gasteiger partial charge in [-0.1, -0.05) is 6.08 Å². The van der Waals surface area contributed by atoms with Crippen molar-refractivity contribution in [3.8, 4) is 0 Å². The van der Waals surface area contributed by atoms with E-state index in [2.05, 4.69) is 0 Å². The van der Waals surface area contributed by atoms with Gasteiger partial charge in [-0.2, -0.15) is 0 Å². The Balaban J connectivity index is 2.54. The highest BCUT2D eigenvalue weighted by molar-refractivity contribution is 5.15. The highest BCUT2D eigenvalue weighted by Crippen LogP contribution is 2.10. The minimum absolute atomic E-state index is 0.792. The molecule has 0 unspecified atom stereocenters. The van der Waals surface area contributed by atoms with E-state index in [9.17, 15) is 0 Å². The normalized spacial score (nSPS) is 19.5. The quantitative estimate of drug-likeness (QED) is 0.386. The van der Waals surface area contributed by atoms with Crippen molar-refractivity contribution in [2.45, 2.75) is 6.42 Å². The number of nitrogens with one attached hydrogen (secondary N) is 1. The molecule has 1 nitrogen and oxygen atoms in total. The predicted molar refractivity (Wildman–Crippen MR) is 15.8 cm³/mol. The molecule has 0 heterocycles. The molecular formula is C3H4N. The van der Waals surface area contributed by atoms with Gasteiger partial charge < -0.3 is 5.73 Å². The Kier molecular flexibility index (Phi) is 0.133. The van der Waals surface area contributed by atoms with Crippen LogP contribution in [0.5, 0.6) is 0 Å². The minimum Gasteiger partial charge on any atom is -0.305 e. The van der Waals surface area contributed by atoms with Crippen molar-refractivity contribution in [2.75, 3.05) is 0 Å². The number of hydrogen-bond donors (Lipinski definition) is 0. The van der Waals surface area contributed by atoms with Crippen LogP contribution in [0, 0.1) is 0 Å². The maximum atomic E-state index is 6.56. The summed E-state index contributed by atoms with van der Waals surface area (Å²) in [5.41, 5.74) is 7.35. The van der Waals surface area contributed by atoms with E-state index in [-0.39, 0.29) is 0 Å². The monoisotopic (exact) mass is 54.0 g/mol. The summed E-state index contributed by atoms with van der Waals surface area (Å²) in [5, 5.41) is 0. The van der Waals surface area contributed by atoms with Crippen LogP contribution in [-0.2, 0) is 0 Å². The van der Waals surface area contributed by atoms with Crippen molar-refractivity contribution in [3.63, 3.8) is 0 Å². The van der Waals surface area contributed by atoms with Gasteiger partial charge in [0.1, 0.15) is 0 Å². The Morgan fingerprint density at radius 2 is 2.25 bits per heavy atom. The van der Waals surface area contributed by atoms with E-state index in [1.54, 1.807) is 0 Å². The summed E-state index contributed by atoms with van der Waals surface area (Å²) in [7, 11) is 0. The summed E-state index contributed by atoms with van der Waals surface area (Å²) < 4.78 is 0. The second-order valence-corrected chi connectivity index (χ2v) is 0.933. The van der Waals surface area contributed by atoms with E-state index >= 15 is 0 Å². The summed E-state index contributed by atoms with van der Waals surface area (Å²) in [6.07, 6.45) is 2.82. The Bertz CT molecular complexity index is 54.3. The molecule has 1 aliphatic rings. The molecule has 0 saturated carbocycles. The maximum Gasteiger partial charge on any atom is 0.0316 e. The SMILES string of the molecule is [NH]C1=CC1. The van der Waals surface area contributed by atoms with Crippen LogP contribution in [0.25, 0.3) is 0 Å². The topological polar surface area (TPSA) is 23.8 Å². The minimum atomic E-state index is 0.792. The van der Waals surface area contributed by atoms with Crippen molar-refractivity contribution in [2.24, 2.45) is 0 Å². The summed E-state index contributed by atoms with van der Waals surface area (Å²) in [6, 6.07) is 0. The largest absolute Gasteiger partial charge is 0.305 e. The zero-order chi connectivity index (χ0) is 2.99. The van der Waals surface area contributed by atoms with Gasteiger partial charge in [-0.3, -0.25) is 0 Å². The van der Waals surface area contributed by atoms with Gasteiger partial charge in [0.25, 0.3) is 0 Å². The molecule has 21 valence electrons. The van der Waals surface area contributed by atoms with Gasteiger partial charge in [-0.15, -0.1) is 0 Å². The Morgan fingerprint density at radius 1 is 2.00 bits per heavy atom. The third kappa shape index (κ3) is 0.0696. The highest BCUT2D eigenvalue weighted by atomic mass is 14.6. The molecule has 0 aliphatic heterocycles. The molecule has 4 heavy (non-hydrogen) atoms. The molecule has 0 saturated heterocycles. The maximum absolute atomic E-state index is 6.56. The predicted octanol–water partition coefficient (Wildman–Crippen LogP) is 0.557. The molecule has 0 aromatic rings. The average molecular weight is 54.1 g/mol. The van der Waals surface area contributed by atoms with Crippen molar-refractivity contribution in [3.05, 3.63) is 11.8 Å². The van der Waals surface area contributed by atoms with Gasteiger partial charge in [-0.05, 0) is 0 Å². The molecule has 0 bridgehead atoms. The summed E-state index contributed by atoms with van der Waals surface area (Å²) in [6.45, 7) is 0. The lowest BCUT2D eigenvalue weighted by atomic mass is 10.8. The number of allylic oxidation sites excluding steroid dienone is 2. The van der Waals surface area contributed by atoms with Crippen LogP contribution in [0.1, 0.15) is 6.42 Å². The standard InChI is InChI=1S/C3H4N/c4-3-1-2-3/h1,4H,2H2. The van der Waals surface area contributed by atoms with Crippen molar-refractivity contribution < 1.29 is 0 Å². The summed E-state index contributed by atoms with van der Waals surface area (Å²) in [5.74, 6) is 0. The van der Waals surface area contributed by atoms with Crippen molar-refractivity contribution >= 4 is 0 Å². The Hall–Kier alpha value is -0.460. The van der Waals surface area contributed by atoms with E-state index in [0.717, 1.165) is 12.1 Å². The molecule has 1 N–H and O–H groups in total. The van der Waals surface area contributed by atoms with Gasteiger partial charge in [0.15, 0.2) is 0 Å². The van der Waals surface area contributed by atoms with E-state index in [1.165, 1.54) is 0 Å². The first-order chi connectivity index (χ1) is 1.89. The molecule has 1 rings (SSSR count). The first kappa shape index (κ1) is 1.82. The van der Waals surface area contributed by atoms with Crippen molar-refractivity contribution in [1.82, 2.24) is 5.73 Å². The van der Waals surface area contributed by atoms with Gasteiger partial charge in [0.2, 0.25) is 0 Å². The van der Waals surface area contributed by atoms with Gasteiger partial charge in [-0.25, -0.2) is 0 Å². The second kappa shape index (κ2) is 0.292. The van der Waals surface area contributed by atoms with Gasteiger partial charge in [0, 0.05) is 12.1 Å². The molecule has 1 radical (unpaired) electrons. The fourth-order valence-electron chi connectivity index (χ4n) is 0.0510. The molecule has 1 aliphatic carbocycles. The lowest BCUT2D eigenvalue weighted by molar-refractivity contribution is 1.35. The van der Waals surface area contributed by atoms with Crippen molar-refractivity contribution in [1.29, 1.82) is 0 Å². The average Bonchev–Trinajstić information content (AvgIpc) is 1.75. The second-order valence-electron chi connectivity index (χ2n) is 0.933. The first-order valence-corrected chi connectivity index (χ1v) is 1.30. The van der Waals surface area contributed by atoms with Crippen LogP contribution in [0.2, 0.25) is 0 Å². The molecule has 0 amide bonds. The smallest absolute Gasteiger partial charge is 0.0316 e. The molecule has 0 fully saturated rings. The number of hydrogen-bond acceptors (Lipinski definition) is 0. The van der Waals surface area contributed by atoms with Crippen LogP contribution >= 0.6 is 0 Å². The van der Waals surface area contributed by atoms with Gasteiger partial charge in [0.05, 0.1) is 0 Å². The summed E-state index contributed by atoms with van der Waals surface area (Å²) in [4.78, 5) is 0. The van der Waals surface area contributed by atoms with Crippen LogP contribution in [0.4, 0.5) is 0 Å². The van der Waals surface area contributed by atoms with E-state index < -0.39 is 0 Å². The highest BCUT2D eigenvalue weighted by Gasteiger charge is 1.97. The van der Waals surface area contributed by atoms with Gasteiger partial charge >= 0.3 is 0 Å². The third-order valence-corrected chi connectivity index (χ3v) is 0.408. The molecule has 1 heteroatoms. The fourth-order valence-corrected chi connectivity index (χ4v) is 0.0510. The molecule has 0 spiro atoms. The zero-order valence-electron chi connectivity index (χ0n) is 2.28. The summed E-state index contributed by atoms with van der Waals surface area (Å²) >= 11 is 0. The van der Waals surface area contributed by atoms with E-state index in [1.807, 2.05) is 6.08 Å². The first-order valence-electron chi connectivity index (χ1n) is 1.30. The fraction of sp³-hybridized carbons (Fsp3) is 0.333. The van der Waals surface area contributed by atoms with Crippen LogP contribution in [0.15, 0.2) is 11.8 Å². The zero-order valence-corrected chi connectivity index (χ0v) is 2.28. The van der Waals surface area contributed by atoms with Crippen LogP contribution < -0.4 is 5.73 Å². The Morgan fingerprint density at radius 3 is 2.25 bits per heavy atom. The third-order valence-electron chi connectivity index (χ3n) is 0.408. The van der Waals surface area contributed by atoms with E-state index in [0.29, 0.717) is 0 Å². The lowest BCUT2D eigenvalue weighted by Gasteiger charge is -1.49. The Labute approximate surface area is 25.1 Å². The molecular weight excluding hydrogens is 50.0 g/mol. The lowest BCUT2D eigenvalue weighted by Crippen LogP contribution is -1.47.